The summed E-state index contributed by atoms with van der Waals surface area (Å²) >= 11 is 1.51. The highest BCUT2D eigenvalue weighted by molar-refractivity contribution is 7.89. The molecule has 6 heteroatoms. The van der Waals surface area contributed by atoms with Crippen molar-refractivity contribution >= 4 is 21.4 Å². The average Bonchev–Trinajstić information content (AvgIpc) is 2.72. The van der Waals surface area contributed by atoms with Gasteiger partial charge in [0.25, 0.3) is 0 Å². The number of sulfonamides is 1. The van der Waals surface area contributed by atoms with Crippen LogP contribution < -0.4 is 10.0 Å². The van der Waals surface area contributed by atoms with Gasteiger partial charge in [-0.1, -0.05) is 20.3 Å². The lowest BCUT2D eigenvalue weighted by molar-refractivity contribution is 0.575. The zero-order valence-corrected chi connectivity index (χ0v) is 13.6. The molecule has 0 unspecified atom stereocenters. The van der Waals surface area contributed by atoms with Gasteiger partial charge in [0.05, 0.1) is 0 Å². The zero-order valence-electron chi connectivity index (χ0n) is 12.0. The molecule has 0 aromatic carbocycles. The van der Waals surface area contributed by atoms with Gasteiger partial charge < -0.3 is 5.32 Å². The Hall–Kier alpha value is -0.430. The number of hydrogen-bond donors (Lipinski definition) is 2. The van der Waals surface area contributed by atoms with E-state index in [4.69, 9.17) is 0 Å². The van der Waals surface area contributed by atoms with Crippen molar-refractivity contribution in [1.29, 1.82) is 0 Å². The summed E-state index contributed by atoms with van der Waals surface area (Å²) in [7, 11) is -3.37. The molecule has 0 spiro atoms. The van der Waals surface area contributed by atoms with Gasteiger partial charge in [-0.2, -0.15) is 0 Å². The Kier molecular flexibility index (Phi) is 6.99. The Morgan fingerprint density at radius 3 is 2.58 bits per heavy atom. The Morgan fingerprint density at radius 1 is 1.21 bits per heavy atom. The quantitative estimate of drug-likeness (QED) is 0.690. The predicted molar refractivity (Wildman–Crippen MR) is 81.2 cm³/mol. The standard InChI is InChI=1S/C13H24N2O2S2/c1-4-6-8-15-19(16,17)13-11(3)10-18-12(13)9-14-7-5-2/h10,14-15H,4-9H2,1-3H3. The molecule has 0 amide bonds. The largest absolute Gasteiger partial charge is 0.312 e. The molecule has 0 radical (unpaired) electrons. The molecular formula is C13H24N2O2S2. The van der Waals surface area contributed by atoms with Crippen LogP contribution in [0, 0.1) is 6.92 Å². The third kappa shape index (κ3) is 4.87. The average molecular weight is 304 g/mol. The van der Waals surface area contributed by atoms with E-state index in [1.165, 1.54) is 11.3 Å². The lowest BCUT2D eigenvalue weighted by Gasteiger charge is -2.09. The first-order valence-electron chi connectivity index (χ1n) is 6.80. The van der Waals surface area contributed by atoms with Gasteiger partial charge in [-0.25, -0.2) is 13.1 Å². The van der Waals surface area contributed by atoms with Crippen molar-refractivity contribution < 1.29 is 8.42 Å². The molecule has 0 aliphatic rings. The summed E-state index contributed by atoms with van der Waals surface area (Å²) < 4.78 is 27.3. The fourth-order valence-corrected chi connectivity index (χ4v) is 4.65. The molecule has 0 fully saturated rings. The number of nitrogens with one attached hydrogen (secondary N) is 2. The molecule has 0 bridgehead atoms. The van der Waals surface area contributed by atoms with Crippen LogP contribution in [0.2, 0.25) is 0 Å². The predicted octanol–water partition coefficient (Wildman–Crippen LogP) is 2.63. The molecule has 0 aliphatic carbocycles. The molecule has 1 rings (SSSR count). The second kappa shape index (κ2) is 7.99. The molecule has 4 nitrogen and oxygen atoms in total. The summed E-state index contributed by atoms with van der Waals surface area (Å²) in [4.78, 5) is 1.37. The lowest BCUT2D eigenvalue weighted by Crippen LogP contribution is -2.26. The van der Waals surface area contributed by atoms with Gasteiger partial charge in [-0.15, -0.1) is 11.3 Å². The Bertz CT molecular complexity index is 481. The molecule has 19 heavy (non-hydrogen) atoms. The first kappa shape index (κ1) is 16.6. The molecular weight excluding hydrogens is 280 g/mol. The van der Waals surface area contributed by atoms with Crippen molar-refractivity contribution in [3.05, 3.63) is 15.8 Å². The molecule has 110 valence electrons. The maximum Gasteiger partial charge on any atom is 0.241 e. The minimum atomic E-state index is -3.37. The van der Waals surface area contributed by atoms with Crippen molar-refractivity contribution in [1.82, 2.24) is 10.0 Å². The number of hydrogen-bond acceptors (Lipinski definition) is 4. The summed E-state index contributed by atoms with van der Waals surface area (Å²) in [6.45, 7) is 8.03. The molecule has 0 saturated heterocycles. The summed E-state index contributed by atoms with van der Waals surface area (Å²) in [5.74, 6) is 0. The van der Waals surface area contributed by atoms with Crippen LogP contribution in [0.1, 0.15) is 43.6 Å². The zero-order chi connectivity index (χ0) is 14.3. The molecule has 0 saturated carbocycles. The molecule has 1 aromatic rings. The Morgan fingerprint density at radius 2 is 1.95 bits per heavy atom. The van der Waals surface area contributed by atoms with E-state index in [0.717, 1.165) is 36.2 Å². The summed E-state index contributed by atoms with van der Waals surface area (Å²) in [5.41, 5.74) is 0.835. The van der Waals surface area contributed by atoms with Crippen molar-refractivity contribution in [2.75, 3.05) is 13.1 Å². The van der Waals surface area contributed by atoms with Gasteiger partial charge in [-0.3, -0.25) is 0 Å². The maximum absolute atomic E-state index is 12.3. The highest BCUT2D eigenvalue weighted by Gasteiger charge is 2.22. The summed E-state index contributed by atoms with van der Waals surface area (Å²) in [6.07, 6.45) is 2.89. The van der Waals surface area contributed by atoms with E-state index in [9.17, 15) is 8.42 Å². The van der Waals surface area contributed by atoms with E-state index < -0.39 is 10.0 Å². The summed E-state index contributed by atoms with van der Waals surface area (Å²) in [5, 5.41) is 5.18. The number of unbranched alkanes of at least 4 members (excludes halogenated alkanes) is 1. The van der Waals surface area contributed by atoms with Gasteiger partial charge in [0, 0.05) is 18.0 Å². The van der Waals surface area contributed by atoms with E-state index >= 15 is 0 Å². The van der Waals surface area contributed by atoms with E-state index in [1.807, 2.05) is 19.2 Å². The number of thiophene rings is 1. The van der Waals surface area contributed by atoms with Crippen LogP contribution in [0.5, 0.6) is 0 Å². The monoisotopic (exact) mass is 304 g/mol. The normalized spacial score (nSPS) is 11.9. The van der Waals surface area contributed by atoms with Crippen LogP contribution in [-0.2, 0) is 16.6 Å². The Labute approximate surface area is 120 Å². The van der Waals surface area contributed by atoms with E-state index in [-0.39, 0.29) is 0 Å². The highest BCUT2D eigenvalue weighted by atomic mass is 32.2. The molecule has 0 aliphatic heterocycles. The number of aryl methyl sites for hydroxylation is 1. The van der Waals surface area contributed by atoms with Crippen molar-refractivity contribution in [3.8, 4) is 0 Å². The highest BCUT2D eigenvalue weighted by Crippen LogP contribution is 2.26. The summed E-state index contributed by atoms with van der Waals surface area (Å²) in [6, 6.07) is 0. The van der Waals surface area contributed by atoms with Gasteiger partial charge >= 0.3 is 0 Å². The third-order valence-electron chi connectivity index (χ3n) is 2.79. The first-order valence-corrected chi connectivity index (χ1v) is 9.16. The van der Waals surface area contributed by atoms with E-state index in [2.05, 4.69) is 17.0 Å². The number of rotatable bonds is 9. The van der Waals surface area contributed by atoms with Crippen LogP contribution in [0.3, 0.4) is 0 Å². The van der Waals surface area contributed by atoms with Gasteiger partial charge in [0.15, 0.2) is 0 Å². The van der Waals surface area contributed by atoms with Crippen LogP contribution >= 0.6 is 11.3 Å². The second-order valence-electron chi connectivity index (χ2n) is 4.60. The smallest absolute Gasteiger partial charge is 0.241 e. The van der Waals surface area contributed by atoms with Crippen molar-refractivity contribution in [2.24, 2.45) is 0 Å². The van der Waals surface area contributed by atoms with Crippen LogP contribution in [-0.4, -0.2) is 21.5 Å². The van der Waals surface area contributed by atoms with Crippen LogP contribution in [0.4, 0.5) is 0 Å². The second-order valence-corrected chi connectivity index (χ2v) is 7.27. The van der Waals surface area contributed by atoms with Crippen molar-refractivity contribution in [2.45, 2.75) is 51.5 Å². The van der Waals surface area contributed by atoms with E-state index in [1.54, 1.807) is 0 Å². The molecule has 2 N–H and O–H groups in total. The fourth-order valence-electron chi connectivity index (χ4n) is 1.80. The minimum Gasteiger partial charge on any atom is -0.312 e. The third-order valence-corrected chi connectivity index (χ3v) is 5.72. The molecule has 1 aromatic heterocycles. The topological polar surface area (TPSA) is 58.2 Å². The van der Waals surface area contributed by atoms with E-state index in [0.29, 0.717) is 18.0 Å². The van der Waals surface area contributed by atoms with Gasteiger partial charge in [0.1, 0.15) is 4.90 Å². The minimum absolute atomic E-state index is 0.470. The van der Waals surface area contributed by atoms with Crippen LogP contribution in [0.25, 0.3) is 0 Å². The molecule has 1 heterocycles. The Balaban J connectivity index is 2.82. The SMILES string of the molecule is CCCCNS(=O)(=O)c1c(C)csc1CNCCC. The van der Waals surface area contributed by atoms with Gasteiger partial charge in [0.2, 0.25) is 10.0 Å². The van der Waals surface area contributed by atoms with Crippen LogP contribution in [0.15, 0.2) is 10.3 Å². The van der Waals surface area contributed by atoms with Gasteiger partial charge in [-0.05, 0) is 37.3 Å². The first-order chi connectivity index (χ1) is 9.03. The fraction of sp³-hybridized carbons (Fsp3) is 0.692. The molecule has 0 atom stereocenters. The van der Waals surface area contributed by atoms with Crippen molar-refractivity contribution in [3.63, 3.8) is 0 Å². The lowest BCUT2D eigenvalue weighted by atomic mass is 10.3. The maximum atomic E-state index is 12.3.